The molecule has 1 heterocycles. The zero-order valence-electron chi connectivity index (χ0n) is 16.6. The summed E-state index contributed by atoms with van der Waals surface area (Å²) in [4.78, 5) is 17.7. The van der Waals surface area contributed by atoms with Gasteiger partial charge in [-0.25, -0.2) is 4.98 Å². The Balaban J connectivity index is 2.17. The number of ether oxygens (including phenoxy) is 2. The maximum atomic E-state index is 13.1. The van der Waals surface area contributed by atoms with Crippen molar-refractivity contribution < 1.29 is 9.47 Å². The summed E-state index contributed by atoms with van der Waals surface area (Å²) in [6, 6.07) is 9.14. The van der Waals surface area contributed by atoms with Crippen LogP contribution in [0.1, 0.15) is 32.2 Å². The number of benzene rings is 2. The molecule has 29 heavy (non-hydrogen) atoms. The minimum Gasteiger partial charge on any atom is -0.493 e. The van der Waals surface area contributed by atoms with Gasteiger partial charge in [-0.1, -0.05) is 38.8 Å². The molecule has 0 aliphatic heterocycles. The van der Waals surface area contributed by atoms with Crippen molar-refractivity contribution in [2.24, 2.45) is 5.10 Å². The number of halogens is 2. The summed E-state index contributed by atoms with van der Waals surface area (Å²) in [7, 11) is 1.58. The lowest BCUT2D eigenvalue weighted by Crippen LogP contribution is -2.22. The standard InChI is InChI=1S/C21H21Br2N3O3/c1-5-19-25-17-7-6-14(22)9-16(17)21(27)26(19)24-11-13-8-15(23)10-18(28-4)20(13)29-12(2)3/h6-12H,5H2,1-4H3. The van der Waals surface area contributed by atoms with Gasteiger partial charge >= 0.3 is 0 Å². The molecule has 3 rings (SSSR count). The van der Waals surface area contributed by atoms with Crippen LogP contribution in [0.3, 0.4) is 0 Å². The van der Waals surface area contributed by atoms with Crippen molar-refractivity contribution in [1.29, 1.82) is 0 Å². The fourth-order valence-corrected chi connectivity index (χ4v) is 3.68. The van der Waals surface area contributed by atoms with Crippen LogP contribution in [-0.4, -0.2) is 29.1 Å². The van der Waals surface area contributed by atoms with Crippen molar-refractivity contribution >= 4 is 49.0 Å². The van der Waals surface area contributed by atoms with Crippen molar-refractivity contribution in [2.75, 3.05) is 7.11 Å². The molecule has 0 radical (unpaired) electrons. The van der Waals surface area contributed by atoms with Gasteiger partial charge in [0.25, 0.3) is 5.56 Å². The van der Waals surface area contributed by atoms with Crippen LogP contribution in [0.4, 0.5) is 0 Å². The van der Waals surface area contributed by atoms with Crippen molar-refractivity contribution in [3.8, 4) is 11.5 Å². The van der Waals surface area contributed by atoms with E-state index in [4.69, 9.17) is 9.47 Å². The van der Waals surface area contributed by atoms with E-state index in [1.165, 1.54) is 4.68 Å². The van der Waals surface area contributed by atoms with E-state index in [9.17, 15) is 4.79 Å². The van der Waals surface area contributed by atoms with Crippen molar-refractivity contribution in [2.45, 2.75) is 33.3 Å². The number of fused-ring (bicyclic) bond motifs is 1. The second-order valence-corrected chi connectivity index (χ2v) is 8.43. The van der Waals surface area contributed by atoms with Crippen LogP contribution in [-0.2, 0) is 6.42 Å². The third-order valence-electron chi connectivity index (χ3n) is 4.13. The van der Waals surface area contributed by atoms with Crippen LogP contribution < -0.4 is 15.0 Å². The Kier molecular flexibility index (Phi) is 6.74. The maximum absolute atomic E-state index is 13.1. The molecule has 0 saturated heterocycles. The summed E-state index contributed by atoms with van der Waals surface area (Å²) >= 11 is 6.89. The number of hydrogen-bond donors (Lipinski definition) is 0. The molecule has 0 unspecified atom stereocenters. The maximum Gasteiger partial charge on any atom is 0.282 e. The van der Waals surface area contributed by atoms with Gasteiger partial charge in [0.15, 0.2) is 11.5 Å². The second kappa shape index (κ2) is 9.09. The molecule has 8 heteroatoms. The number of aromatic nitrogens is 2. The van der Waals surface area contributed by atoms with Gasteiger partial charge in [-0.15, -0.1) is 0 Å². The van der Waals surface area contributed by atoms with E-state index in [0.29, 0.717) is 40.2 Å². The first-order valence-corrected chi connectivity index (χ1v) is 10.7. The molecule has 0 bridgehead atoms. The Hall–Kier alpha value is -2.19. The summed E-state index contributed by atoms with van der Waals surface area (Å²) in [6.07, 6.45) is 2.11. The van der Waals surface area contributed by atoms with Crippen molar-refractivity contribution in [3.05, 3.63) is 61.0 Å². The fraction of sp³-hybridized carbons (Fsp3) is 0.286. The molecule has 2 aromatic carbocycles. The average Bonchev–Trinajstić information content (AvgIpc) is 2.68. The zero-order chi connectivity index (χ0) is 21.1. The summed E-state index contributed by atoms with van der Waals surface area (Å²) in [5, 5.41) is 4.96. The smallest absolute Gasteiger partial charge is 0.282 e. The molecule has 0 fully saturated rings. The zero-order valence-corrected chi connectivity index (χ0v) is 19.7. The molecule has 0 spiro atoms. The molecule has 0 aliphatic carbocycles. The molecule has 0 N–H and O–H groups in total. The molecular formula is C21H21Br2N3O3. The van der Waals surface area contributed by atoms with Gasteiger partial charge in [0.05, 0.1) is 30.3 Å². The fourth-order valence-electron chi connectivity index (χ4n) is 2.86. The van der Waals surface area contributed by atoms with Gasteiger partial charge in [-0.3, -0.25) is 4.79 Å². The lowest BCUT2D eigenvalue weighted by molar-refractivity contribution is 0.229. The first-order valence-electron chi connectivity index (χ1n) is 9.13. The van der Waals surface area contributed by atoms with E-state index in [-0.39, 0.29) is 11.7 Å². The van der Waals surface area contributed by atoms with Crippen LogP contribution in [0.25, 0.3) is 10.9 Å². The summed E-state index contributed by atoms with van der Waals surface area (Å²) < 4.78 is 14.4. The van der Waals surface area contributed by atoms with E-state index in [1.807, 2.05) is 45.0 Å². The van der Waals surface area contributed by atoms with E-state index in [0.717, 1.165) is 8.95 Å². The Bertz CT molecular complexity index is 1140. The van der Waals surface area contributed by atoms with E-state index >= 15 is 0 Å². The highest BCUT2D eigenvalue weighted by Gasteiger charge is 2.14. The van der Waals surface area contributed by atoms with Crippen molar-refractivity contribution in [1.82, 2.24) is 9.66 Å². The second-order valence-electron chi connectivity index (χ2n) is 6.60. The van der Waals surface area contributed by atoms with E-state index in [1.54, 1.807) is 19.4 Å². The van der Waals surface area contributed by atoms with Crippen LogP contribution in [0.5, 0.6) is 11.5 Å². The van der Waals surface area contributed by atoms with Gasteiger partial charge < -0.3 is 9.47 Å². The molecule has 0 amide bonds. The van der Waals surface area contributed by atoms with Gasteiger partial charge in [0, 0.05) is 20.9 Å². The monoisotopic (exact) mass is 521 g/mol. The average molecular weight is 523 g/mol. The molecule has 0 saturated carbocycles. The summed E-state index contributed by atoms with van der Waals surface area (Å²) in [6.45, 7) is 5.81. The van der Waals surface area contributed by atoms with Gasteiger partial charge in [0.1, 0.15) is 5.82 Å². The highest BCUT2D eigenvalue weighted by Crippen LogP contribution is 2.34. The number of rotatable bonds is 6. The normalized spacial score (nSPS) is 11.6. The number of aryl methyl sites for hydroxylation is 1. The third-order valence-corrected chi connectivity index (χ3v) is 5.08. The minimum absolute atomic E-state index is 0.0502. The third kappa shape index (κ3) is 4.70. The lowest BCUT2D eigenvalue weighted by Gasteiger charge is -2.16. The largest absolute Gasteiger partial charge is 0.493 e. The Morgan fingerprint density at radius 1 is 1.21 bits per heavy atom. The van der Waals surface area contributed by atoms with Crippen LogP contribution in [0.2, 0.25) is 0 Å². The predicted octanol–water partition coefficient (Wildman–Crippen LogP) is 5.16. The van der Waals surface area contributed by atoms with E-state index < -0.39 is 0 Å². The number of methoxy groups -OCH3 is 1. The predicted molar refractivity (Wildman–Crippen MR) is 123 cm³/mol. The highest BCUT2D eigenvalue weighted by molar-refractivity contribution is 9.10. The quantitative estimate of drug-likeness (QED) is 0.419. The number of nitrogens with zero attached hydrogens (tertiary/aromatic N) is 3. The van der Waals surface area contributed by atoms with Crippen LogP contribution in [0.15, 0.2) is 49.2 Å². The molecule has 0 atom stereocenters. The van der Waals surface area contributed by atoms with Crippen LogP contribution >= 0.6 is 31.9 Å². The SMILES string of the molecule is CCc1nc2ccc(Br)cc2c(=O)n1N=Cc1cc(Br)cc(OC)c1OC(C)C. The summed E-state index contributed by atoms with van der Waals surface area (Å²) in [5.74, 6) is 1.73. The molecule has 0 aliphatic rings. The Labute approximate surface area is 185 Å². The first kappa shape index (κ1) is 21.5. The number of hydrogen-bond acceptors (Lipinski definition) is 5. The lowest BCUT2D eigenvalue weighted by atomic mass is 10.2. The van der Waals surface area contributed by atoms with Gasteiger partial charge in [-0.2, -0.15) is 9.78 Å². The minimum atomic E-state index is -0.224. The van der Waals surface area contributed by atoms with Crippen molar-refractivity contribution in [3.63, 3.8) is 0 Å². The van der Waals surface area contributed by atoms with Gasteiger partial charge in [-0.05, 0) is 44.2 Å². The molecule has 3 aromatic rings. The first-order chi connectivity index (χ1) is 13.8. The molecule has 152 valence electrons. The van der Waals surface area contributed by atoms with E-state index in [2.05, 4.69) is 41.9 Å². The van der Waals surface area contributed by atoms with Crippen LogP contribution in [0, 0.1) is 0 Å². The highest BCUT2D eigenvalue weighted by atomic mass is 79.9. The topological polar surface area (TPSA) is 65.7 Å². The molecular weight excluding hydrogens is 502 g/mol. The Morgan fingerprint density at radius 3 is 2.62 bits per heavy atom. The summed E-state index contributed by atoms with van der Waals surface area (Å²) in [5.41, 5.74) is 1.11. The molecule has 1 aromatic heterocycles. The molecule has 6 nitrogen and oxygen atoms in total. The van der Waals surface area contributed by atoms with Gasteiger partial charge in [0.2, 0.25) is 0 Å². The Morgan fingerprint density at radius 2 is 1.97 bits per heavy atom.